The van der Waals surface area contributed by atoms with Gasteiger partial charge in [0.1, 0.15) is 11.9 Å². The Bertz CT molecular complexity index is 502. The van der Waals surface area contributed by atoms with E-state index in [2.05, 4.69) is 26.6 Å². The fourth-order valence-corrected chi connectivity index (χ4v) is 2.21. The van der Waals surface area contributed by atoms with Gasteiger partial charge in [0.25, 0.3) is 0 Å². The predicted molar refractivity (Wildman–Crippen MR) is 80.7 cm³/mol. The molecule has 0 saturated heterocycles. The van der Waals surface area contributed by atoms with Gasteiger partial charge in [-0.15, -0.1) is 0 Å². The second kappa shape index (κ2) is 8.11. The maximum Gasteiger partial charge on any atom is 0.326 e. The molecular formula is C12H14BrFN2O3S. The quantitative estimate of drug-likeness (QED) is 0.724. The summed E-state index contributed by atoms with van der Waals surface area (Å²) in [5.74, 6) is -1.12. The van der Waals surface area contributed by atoms with Crippen LogP contribution in [0.5, 0.6) is 0 Å². The van der Waals surface area contributed by atoms with Gasteiger partial charge in [-0.2, -0.15) is 11.8 Å². The molecular weight excluding hydrogens is 351 g/mol. The molecule has 0 saturated carbocycles. The summed E-state index contributed by atoms with van der Waals surface area (Å²) >= 11 is 4.58. The lowest BCUT2D eigenvalue weighted by atomic mass is 10.2. The van der Waals surface area contributed by atoms with Crippen molar-refractivity contribution in [3.05, 3.63) is 28.5 Å². The van der Waals surface area contributed by atoms with Crippen LogP contribution in [0.4, 0.5) is 14.9 Å². The summed E-state index contributed by atoms with van der Waals surface area (Å²) in [5.41, 5.74) is -0.0142. The van der Waals surface area contributed by atoms with Crippen LogP contribution in [-0.4, -0.2) is 35.2 Å². The number of rotatable bonds is 6. The molecule has 1 atom stereocenters. The van der Waals surface area contributed by atoms with Crippen molar-refractivity contribution in [3.8, 4) is 0 Å². The number of aliphatic carboxylic acids is 1. The molecule has 0 radical (unpaired) electrons. The van der Waals surface area contributed by atoms with Gasteiger partial charge in [0, 0.05) is 4.47 Å². The van der Waals surface area contributed by atoms with Crippen LogP contribution in [0, 0.1) is 5.82 Å². The summed E-state index contributed by atoms with van der Waals surface area (Å²) in [5, 5.41) is 13.6. The van der Waals surface area contributed by atoms with E-state index in [1.165, 1.54) is 23.9 Å². The Morgan fingerprint density at radius 3 is 2.75 bits per heavy atom. The van der Waals surface area contributed by atoms with E-state index in [0.29, 0.717) is 16.6 Å². The van der Waals surface area contributed by atoms with Gasteiger partial charge in [-0.05, 0) is 36.6 Å². The molecule has 110 valence electrons. The zero-order valence-corrected chi connectivity index (χ0v) is 13.1. The van der Waals surface area contributed by atoms with Crippen molar-refractivity contribution in [3.63, 3.8) is 0 Å². The van der Waals surface area contributed by atoms with Crippen molar-refractivity contribution in [1.29, 1.82) is 0 Å². The summed E-state index contributed by atoms with van der Waals surface area (Å²) in [6, 6.07) is 2.41. The monoisotopic (exact) mass is 364 g/mol. The highest BCUT2D eigenvalue weighted by atomic mass is 79.9. The molecule has 0 spiro atoms. The van der Waals surface area contributed by atoms with Gasteiger partial charge in [0.2, 0.25) is 0 Å². The number of hydrogen-bond donors (Lipinski definition) is 3. The van der Waals surface area contributed by atoms with Crippen LogP contribution in [0.15, 0.2) is 22.7 Å². The number of carbonyl (C=O) groups is 2. The van der Waals surface area contributed by atoms with Gasteiger partial charge in [0.05, 0.1) is 5.69 Å². The molecule has 2 amide bonds. The number of amides is 2. The molecule has 1 rings (SSSR count). The van der Waals surface area contributed by atoms with Crippen molar-refractivity contribution in [2.24, 2.45) is 0 Å². The van der Waals surface area contributed by atoms with Crippen molar-refractivity contribution >= 4 is 45.4 Å². The Hall–Kier alpha value is -1.28. The smallest absolute Gasteiger partial charge is 0.326 e. The lowest BCUT2D eigenvalue weighted by Gasteiger charge is -2.15. The van der Waals surface area contributed by atoms with Crippen LogP contribution >= 0.6 is 27.7 Å². The average Bonchev–Trinajstić information content (AvgIpc) is 2.37. The summed E-state index contributed by atoms with van der Waals surface area (Å²) in [4.78, 5) is 22.6. The number of anilines is 1. The van der Waals surface area contributed by atoms with Crippen LogP contribution in [0.1, 0.15) is 6.42 Å². The molecule has 1 aromatic carbocycles. The Kier molecular flexibility index (Phi) is 6.80. The van der Waals surface area contributed by atoms with Crippen molar-refractivity contribution in [2.75, 3.05) is 17.3 Å². The van der Waals surface area contributed by atoms with Crippen LogP contribution < -0.4 is 10.6 Å². The number of hydrogen-bond acceptors (Lipinski definition) is 3. The SMILES string of the molecule is CSCC[C@H](NC(=O)Nc1ccc(Br)cc1F)C(=O)O. The van der Waals surface area contributed by atoms with E-state index in [4.69, 9.17) is 5.11 Å². The lowest BCUT2D eigenvalue weighted by Crippen LogP contribution is -2.43. The number of carboxylic acids is 1. The van der Waals surface area contributed by atoms with Gasteiger partial charge in [-0.3, -0.25) is 0 Å². The summed E-state index contributed by atoms with van der Waals surface area (Å²) in [6.45, 7) is 0. The predicted octanol–water partition coefficient (Wildman–Crippen LogP) is 2.92. The fraction of sp³-hybridized carbons (Fsp3) is 0.333. The Balaban J connectivity index is 2.63. The topological polar surface area (TPSA) is 78.4 Å². The van der Waals surface area contributed by atoms with Gasteiger partial charge in [-0.1, -0.05) is 15.9 Å². The van der Waals surface area contributed by atoms with Crippen LogP contribution in [0.25, 0.3) is 0 Å². The van der Waals surface area contributed by atoms with Crippen LogP contribution in [0.3, 0.4) is 0 Å². The fourth-order valence-electron chi connectivity index (χ4n) is 1.40. The second-order valence-electron chi connectivity index (χ2n) is 3.89. The van der Waals surface area contributed by atoms with Crippen LogP contribution in [0.2, 0.25) is 0 Å². The molecule has 0 fully saturated rings. The Labute approximate surface area is 128 Å². The highest BCUT2D eigenvalue weighted by molar-refractivity contribution is 9.10. The first kappa shape index (κ1) is 16.8. The third-order valence-electron chi connectivity index (χ3n) is 2.39. The Morgan fingerprint density at radius 2 is 2.20 bits per heavy atom. The minimum Gasteiger partial charge on any atom is -0.480 e. The first-order chi connectivity index (χ1) is 9.43. The number of halogens is 2. The van der Waals surface area contributed by atoms with E-state index in [-0.39, 0.29) is 5.69 Å². The third kappa shape index (κ3) is 5.38. The highest BCUT2D eigenvalue weighted by Gasteiger charge is 2.19. The van der Waals surface area contributed by atoms with E-state index < -0.39 is 23.9 Å². The van der Waals surface area contributed by atoms with E-state index in [0.717, 1.165) is 0 Å². The average molecular weight is 365 g/mol. The molecule has 0 bridgehead atoms. The van der Waals surface area contributed by atoms with Gasteiger partial charge in [0.15, 0.2) is 0 Å². The molecule has 0 aromatic heterocycles. The number of carbonyl (C=O) groups excluding carboxylic acids is 1. The third-order valence-corrected chi connectivity index (χ3v) is 3.53. The first-order valence-electron chi connectivity index (χ1n) is 5.68. The minimum absolute atomic E-state index is 0.0142. The van der Waals surface area contributed by atoms with Gasteiger partial charge in [-0.25, -0.2) is 14.0 Å². The zero-order valence-electron chi connectivity index (χ0n) is 10.7. The lowest BCUT2D eigenvalue weighted by molar-refractivity contribution is -0.139. The number of thioether (sulfide) groups is 1. The molecule has 0 aliphatic heterocycles. The molecule has 0 heterocycles. The van der Waals surface area contributed by atoms with E-state index >= 15 is 0 Å². The molecule has 8 heteroatoms. The van der Waals surface area contributed by atoms with E-state index in [1.807, 2.05) is 6.26 Å². The minimum atomic E-state index is -1.12. The number of urea groups is 1. The standard InChI is InChI=1S/C12H14BrFN2O3S/c1-20-5-4-10(11(17)18)16-12(19)15-9-3-2-7(13)6-8(9)14/h2-3,6,10H,4-5H2,1H3,(H,17,18)(H2,15,16,19)/t10-/m0/s1. The van der Waals surface area contributed by atoms with Crippen molar-refractivity contribution in [2.45, 2.75) is 12.5 Å². The maximum absolute atomic E-state index is 13.5. The zero-order chi connectivity index (χ0) is 15.1. The largest absolute Gasteiger partial charge is 0.480 e. The molecule has 3 N–H and O–H groups in total. The molecule has 1 aromatic rings. The molecule has 0 aliphatic carbocycles. The normalized spacial score (nSPS) is 11.8. The first-order valence-corrected chi connectivity index (χ1v) is 7.87. The number of benzene rings is 1. The van der Waals surface area contributed by atoms with Crippen molar-refractivity contribution in [1.82, 2.24) is 5.32 Å². The molecule has 0 unspecified atom stereocenters. The summed E-state index contributed by atoms with van der Waals surface area (Å²) < 4.78 is 14.1. The number of carboxylic acid groups (broad SMARTS) is 1. The van der Waals surface area contributed by atoms with Crippen molar-refractivity contribution < 1.29 is 19.1 Å². The van der Waals surface area contributed by atoms with Gasteiger partial charge >= 0.3 is 12.0 Å². The van der Waals surface area contributed by atoms with Gasteiger partial charge < -0.3 is 15.7 Å². The van der Waals surface area contributed by atoms with E-state index in [9.17, 15) is 14.0 Å². The number of nitrogens with one attached hydrogen (secondary N) is 2. The molecule has 5 nitrogen and oxygen atoms in total. The molecule has 0 aliphatic rings. The Morgan fingerprint density at radius 1 is 1.50 bits per heavy atom. The summed E-state index contributed by atoms with van der Waals surface area (Å²) in [7, 11) is 0. The van der Waals surface area contributed by atoms with Crippen LogP contribution in [-0.2, 0) is 4.79 Å². The molecule has 20 heavy (non-hydrogen) atoms. The second-order valence-corrected chi connectivity index (χ2v) is 5.80. The highest BCUT2D eigenvalue weighted by Crippen LogP contribution is 2.19. The summed E-state index contributed by atoms with van der Waals surface area (Å²) in [6.07, 6.45) is 2.14. The maximum atomic E-state index is 13.5. The van der Waals surface area contributed by atoms with E-state index in [1.54, 1.807) is 6.07 Å².